The van der Waals surface area contributed by atoms with Crippen LogP contribution in [-0.4, -0.2) is 27.9 Å². The number of aryl methyl sites for hydroxylation is 1. The van der Waals surface area contributed by atoms with Crippen LogP contribution in [0.25, 0.3) is 0 Å². The molecule has 7 heteroatoms. The van der Waals surface area contributed by atoms with Crippen molar-refractivity contribution in [2.24, 2.45) is 7.05 Å². The van der Waals surface area contributed by atoms with Crippen molar-refractivity contribution in [2.75, 3.05) is 5.32 Å². The van der Waals surface area contributed by atoms with Crippen molar-refractivity contribution < 1.29 is 9.90 Å². The molecule has 2 amide bonds. The number of aliphatic hydroxyl groups is 1. The van der Waals surface area contributed by atoms with Gasteiger partial charge < -0.3 is 20.3 Å². The van der Waals surface area contributed by atoms with Crippen LogP contribution in [-0.2, 0) is 7.05 Å². The molecule has 20 heavy (non-hydrogen) atoms. The molecule has 6 nitrogen and oxygen atoms in total. The molecule has 2 rings (SSSR count). The lowest BCUT2D eigenvalue weighted by Gasteiger charge is -2.28. The highest BCUT2D eigenvalue weighted by Crippen LogP contribution is 2.18. The Hall–Kier alpha value is -1.34. The molecule has 0 radical (unpaired) electrons. The molecule has 1 fully saturated rings. The Labute approximate surface area is 125 Å². The molecular weight excluding hydrogens is 326 g/mol. The Kier molecular flexibility index (Phi) is 4.82. The lowest BCUT2D eigenvalue weighted by Crippen LogP contribution is -2.47. The topological polar surface area (TPSA) is 83.4 Å². The smallest absolute Gasteiger partial charge is 0.319 e. The third-order valence-electron chi connectivity index (χ3n) is 3.44. The monoisotopic (exact) mass is 343 g/mol. The Morgan fingerprint density at radius 1 is 1.45 bits per heavy atom. The molecule has 1 aliphatic rings. The highest BCUT2D eigenvalue weighted by molar-refractivity contribution is 9.10. The molecule has 0 aromatic carbocycles. The van der Waals surface area contributed by atoms with Crippen molar-refractivity contribution in [3.8, 4) is 0 Å². The lowest BCUT2D eigenvalue weighted by atomic mass is 9.93. The molecule has 0 spiro atoms. The molecule has 1 aliphatic carbocycles. The van der Waals surface area contributed by atoms with Crippen molar-refractivity contribution >= 4 is 27.6 Å². The predicted molar refractivity (Wildman–Crippen MR) is 79.8 cm³/mol. The van der Waals surface area contributed by atoms with Crippen LogP contribution in [0.15, 0.2) is 21.5 Å². The first-order valence-electron chi connectivity index (χ1n) is 6.59. The Morgan fingerprint density at radius 3 is 2.85 bits per heavy atom. The van der Waals surface area contributed by atoms with E-state index in [1.165, 1.54) is 4.57 Å². The molecule has 2 unspecified atom stereocenters. The summed E-state index contributed by atoms with van der Waals surface area (Å²) in [5, 5.41) is 15.1. The molecule has 2 atom stereocenters. The molecule has 3 N–H and O–H groups in total. The fourth-order valence-electron chi connectivity index (χ4n) is 2.37. The summed E-state index contributed by atoms with van der Waals surface area (Å²) in [4.78, 5) is 23.8. The summed E-state index contributed by atoms with van der Waals surface area (Å²) in [7, 11) is 1.61. The highest BCUT2D eigenvalue weighted by atomic mass is 79.9. The summed E-state index contributed by atoms with van der Waals surface area (Å²) in [6.45, 7) is 0. The number of rotatable bonds is 2. The first-order chi connectivity index (χ1) is 9.47. The first kappa shape index (κ1) is 15.1. The fourth-order valence-corrected chi connectivity index (χ4v) is 2.90. The number of hydrogen-bond acceptors (Lipinski definition) is 3. The second kappa shape index (κ2) is 6.41. The van der Waals surface area contributed by atoms with Gasteiger partial charge in [0.25, 0.3) is 5.56 Å². The van der Waals surface area contributed by atoms with E-state index >= 15 is 0 Å². The van der Waals surface area contributed by atoms with Gasteiger partial charge in [-0.25, -0.2) is 4.79 Å². The van der Waals surface area contributed by atoms with Crippen LogP contribution in [0.5, 0.6) is 0 Å². The third-order valence-corrected chi connectivity index (χ3v) is 3.88. The maximum absolute atomic E-state index is 11.9. The second-order valence-electron chi connectivity index (χ2n) is 5.04. The summed E-state index contributed by atoms with van der Waals surface area (Å²) in [6, 6.07) is 0.838. The van der Waals surface area contributed by atoms with Gasteiger partial charge in [-0.3, -0.25) is 4.79 Å². The van der Waals surface area contributed by atoms with E-state index in [1.807, 2.05) is 0 Å². The number of anilines is 1. The number of carbonyl (C=O) groups excluding carboxylic acids is 1. The van der Waals surface area contributed by atoms with E-state index in [0.717, 1.165) is 19.3 Å². The summed E-state index contributed by atoms with van der Waals surface area (Å²) >= 11 is 3.27. The highest BCUT2D eigenvalue weighted by Gasteiger charge is 2.24. The number of aromatic nitrogens is 1. The lowest BCUT2D eigenvalue weighted by molar-refractivity contribution is 0.0955. The summed E-state index contributed by atoms with van der Waals surface area (Å²) in [6.07, 6.45) is 4.53. The molecule has 1 heterocycles. The Bertz CT molecular complexity index is 558. The van der Waals surface area contributed by atoms with Crippen LogP contribution < -0.4 is 16.2 Å². The number of pyridine rings is 1. The standard InChI is InChI=1S/C13H18BrN3O3/c1-17-7-8(14)6-10(12(17)19)16-13(20)15-9-4-2-3-5-11(9)18/h6-7,9,11,18H,2-5H2,1H3,(H2,15,16,20). The van der Waals surface area contributed by atoms with Crippen molar-refractivity contribution in [1.29, 1.82) is 0 Å². The van der Waals surface area contributed by atoms with Crippen molar-refractivity contribution in [3.05, 3.63) is 27.1 Å². The summed E-state index contributed by atoms with van der Waals surface area (Å²) in [5.41, 5.74) is -0.0859. The van der Waals surface area contributed by atoms with Gasteiger partial charge in [0.1, 0.15) is 5.69 Å². The van der Waals surface area contributed by atoms with Gasteiger partial charge in [-0.15, -0.1) is 0 Å². The van der Waals surface area contributed by atoms with E-state index in [2.05, 4.69) is 26.6 Å². The van der Waals surface area contributed by atoms with Crippen LogP contribution in [0, 0.1) is 0 Å². The second-order valence-corrected chi connectivity index (χ2v) is 5.96. The normalized spacial score (nSPS) is 22.4. The number of urea groups is 1. The largest absolute Gasteiger partial charge is 0.391 e. The number of carbonyl (C=O) groups is 1. The maximum atomic E-state index is 11.9. The Balaban J connectivity index is 2.03. The number of aliphatic hydroxyl groups excluding tert-OH is 1. The van der Waals surface area contributed by atoms with Gasteiger partial charge in [-0.1, -0.05) is 12.8 Å². The average Bonchev–Trinajstić information content (AvgIpc) is 2.38. The number of nitrogens with one attached hydrogen (secondary N) is 2. The van der Waals surface area contributed by atoms with Gasteiger partial charge in [0.15, 0.2) is 0 Å². The zero-order chi connectivity index (χ0) is 14.7. The minimum absolute atomic E-state index is 0.199. The molecule has 1 aromatic heterocycles. The zero-order valence-corrected chi connectivity index (χ0v) is 12.8. The fraction of sp³-hybridized carbons (Fsp3) is 0.538. The number of amides is 2. The molecule has 1 saturated carbocycles. The van der Waals surface area contributed by atoms with E-state index < -0.39 is 12.1 Å². The quantitative estimate of drug-likeness (QED) is 0.762. The first-order valence-corrected chi connectivity index (χ1v) is 7.38. The number of halogens is 1. The molecule has 0 bridgehead atoms. The Morgan fingerprint density at radius 2 is 2.15 bits per heavy atom. The van der Waals surface area contributed by atoms with Gasteiger partial charge in [0.2, 0.25) is 0 Å². The van der Waals surface area contributed by atoms with Crippen LogP contribution in [0.1, 0.15) is 25.7 Å². The molecule has 0 aliphatic heterocycles. The third kappa shape index (κ3) is 3.61. The minimum Gasteiger partial charge on any atom is -0.391 e. The van der Waals surface area contributed by atoms with Crippen molar-refractivity contribution in [1.82, 2.24) is 9.88 Å². The molecule has 0 saturated heterocycles. The average molecular weight is 344 g/mol. The van der Waals surface area contributed by atoms with Crippen LogP contribution in [0.4, 0.5) is 10.5 Å². The van der Waals surface area contributed by atoms with E-state index in [1.54, 1.807) is 19.3 Å². The zero-order valence-electron chi connectivity index (χ0n) is 11.2. The summed E-state index contributed by atoms with van der Waals surface area (Å²) in [5.74, 6) is 0. The minimum atomic E-state index is -0.514. The van der Waals surface area contributed by atoms with Gasteiger partial charge in [0, 0.05) is 17.7 Å². The van der Waals surface area contributed by atoms with E-state index in [9.17, 15) is 14.7 Å². The van der Waals surface area contributed by atoms with Gasteiger partial charge in [-0.05, 0) is 34.8 Å². The van der Waals surface area contributed by atoms with Crippen molar-refractivity contribution in [3.63, 3.8) is 0 Å². The van der Waals surface area contributed by atoms with Crippen LogP contribution in [0.3, 0.4) is 0 Å². The summed E-state index contributed by atoms with van der Waals surface area (Å²) < 4.78 is 2.09. The van der Waals surface area contributed by atoms with E-state index in [0.29, 0.717) is 10.9 Å². The van der Waals surface area contributed by atoms with E-state index in [4.69, 9.17) is 0 Å². The molecule has 110 valence electrons. The van der Waals surface area contributed by atoms with E-state index in [-0.39, 0.29) is 17.3 Å². The SMILES string of the molecule is Cn1cc(Br)cc(NC(=O)NC2CCCCC2O)c1=O. The van der Waals surface area contributed by atoms with Crippen LogP contribution in [0.2, 0.25) is 0 Å². The van der Waals surface area contributed by atoms with Gasteiger partial charge in [-0.2, -0.15) is 0 Å². The maximum Gasteiger partial charge on any atom is 0.319 e. The van der Waals surface area contributed by atoms with Crippen molar-refractivity contribution in [2.45, 2.75) is 37.8 Å². The van der Waals surface area contributed by atoms with Crippen LogP contribution >= 0.6 is 15.9 Å². The van der Waals surface area contributed by atoms with Gasteiger partial charge >= 0.3 is 6.03 Å². The molecular formula is C13H18BrN3O3. The van der Waals surface area contributed by atoms with Gasteiger partial charge in [0.05, 0.1) is 12.1 Å². The molecule has 1 aromatic rings. The predicted octanol–water partition coefficient (Wildman–Crippen LogP) is 1.57. The number of nitrogens with zero attached hydrogens (tertiary/aromatic N) is 1. The number of hydrogen-bond donors (Lipinski definition) is 3.